The molecule has 0 radical (unpaired) electrons. The molecule has 0 heterocycles. The van der Waals surface area contributed by atoms with E-state index in [0.29, 0.717) is 6.42 Å². The van der Waals surface area contributed by atoms with Gasteiger partial charge in [-0.2, -0.15) is 0 Å². The van der Waals surface area contributed by atoms with Crippen LogP contribution < -0.4 is 5.32 Å². The molecule has 4 heteroatoms. The Morgan fingerprint density at radius 2 is 2.12 bits per heavy atom. The van der Waals surface area contributed by atoms with Gasteiger partial charge in [-0.05, 0) is 12.0 Å². The second-order valence-electron chi connectivity index (χ2n) is 3.51. The Hall–Kier alpha value is -1.55. The molecule has 1 unspecified atom stereocenters. The molecule has 0 aliphatic heterocycles. The lowest BCUT2D eigenvalue weighted by atomic mass is 10.2. The van der Waals surface area contributed by atoms with Crippen molar-refractivity contribution in [2.75, 3.05) is 0 Å². The van der Waals surface area contributed by atoms with Gasteiger partial charge in [0.15, 0.2) is 0 Å². The van der Waals surface area contributed by atoms with Crippen LogP contribution >= 0.6 is 0 Å². The molecule has 0 fully saturated rings. The average molecular weight is 223 g/mol. The molecule has 0 aromatic heterocycles. The van der Waals surface area contributed by atoms with Crippen molar-refractivity contribution in [1.29, 1.82) is 0 Å². The van der Waals surface area contributed by atoms with Crippen molar-refractivity contribution in [3.63, 3.8) is 0 Å². The summed E-state index contributed by atoms with van der Waals surface area (Å²) < 4.78 is 4.94. The first kappa shape index (κ1) is 12.5. The van der Waals surface area contributed by atoms with Gasteiger partial charge in [0.05, 0.1) is 0 Å². The van der Waals surface area contributed by atoms with Gasteiger partial charge in [0, 0.05) is 0 Å². The Kier molecular flexibility index (Phi) is 5.36. The number of ether oxygens (including phenoxy) is 1. The van der Waals surface area contributed by atoms with Gasteiger partial charge < -0.3 is 9.84 Å². The van der Waals surface area contributed by atoms with Crippen LogP contribution in [0, 0.1) is 0 Å². The van der Waals surface area contributed by atoms with E-state index in [9.17, 15) is 9.90 Å². The summed E-state index contributed by atoms with van der Waals surface area (Å²) in [7, 11) is 0. The van der Waals surface area contributed by atoms with E-state index in [4.69, 9.17) is 4.74 Å². The Labute approximate surface area is 95.2 Å². The summed E-state index contributed by atoms with van der Waals surface area (Å²) in [4.78, 5) is 11.2. The molecule has 1 aromatic carbocycles. The average Bonchev–Trinajstić information content (AvgIpc) is 2.28. The molecule has 1 amide bonds. The Balaban J connectivity index is 2.25. The Morgan fingerprint density at radius 1 is 1.44 bits per heavy atom. The van der Waals surface area contributed by atoms with E-state index in [1.54, 1.807) is 0 Å². The normalized spacial score (nSPS) is 11.9. The fourth-order valence-electron chi connectivity index (χ4n) is 1.25. The molecule has 0 aliphatic rings. The number of hydrogen-bond donors (Lipinski definition) is 2. The van der Waals surface area contributed by atoms with Crippen molar-refractivity contribution >= 4 is 6.09 Å². The van der Waals surface area contributed by atoms with Crippen molar-refractivity contribution in [2.45, 2.75) is 32.6 Å². The van der Waals surface area contributed by atoms with Crippen LogP contribution in [0.3, 0.4) is 0 Å². The molecular weight excluding hydrogens is 206 g/mol. The number of benzene rings is 1. The summed E-state index contributed by atoms with van der Waals surface area (Å²) in [6, 6.07) is 9.39. The first-order valence-electron chi connectivity index (χ1n) is 5.37. The zero-order chi connectivity index (χ0) is 11.8. The molecule has 0 spiro atoms. The molecule has 1 rings (SSSR count). The molecule has 0 saturated heterocycles. The largest absolute Gasteiger partial charge is 0.445 e. The fourth-order valence-corrected chi connectivity index (χ4v) is 1.25. The third-order valence-electron chi connectivity index (χ3n) is 2.06. The standard InChI is InChI=1S/C12H17NO3/c1-2-6-11(14)13-12(15)16-9-10-7-4-3-5-8-10/h3-5,7-8,11,14H,2,6,9H2,1H3,(H,13,15). The Bertz CT molecular complexity index is 313. The number of rotatable bonds is 5. The highest BCUT2D eigenvalue weighted by Gasteiger charge is 2.08. The highest BCUT2D eigenvalue weighted by Crippen LogP contribution is 2.01. The first-order valence-corrected chi connectivity index (χ1v) is 5.37. The zero-order valence-electron chi connectivity index (χ0n) is 9.35. The van der Waals surface area contributed by atoms with Crippen molar-refractivity contribution in [1.82, 2.24) is 5.32 Å². The topological polar surface area (TPSA) is 58.6 Å². The van der Waals surface area contributed by atoms with Gasteiger partial charge >= 0.3 is 6.09 Å². The summed E-state index contributed by atoms with van der Waals surface area (Å²) in [5, 5.41) is 11.7. The van der Waals surface area contributed by atoms with Gasteiger partial charge in [-0.25, -0.2) is 4.79 Å². The van der Waals surface area contributed by atoms with Gasteiger partial charge in [0.1, 0.15) is 12.8 Å². The Morgan fingerprint density at radius 3 is 2.75 bits per heavy atom. The molecule has 1 aromatic rings. The zero-order valence-corrected chi connectivity index (χ0v) is 9.35. The number of nitrogens with one attached hydrogen (secondary N) is 1. The van der Waals surface area contributed by atoms with Crippen molar-refractivity contribution in [3.05, 3.63) is 35.9 Å². The lowest BCUT2D eigenvalue weighted by molar-refractivity contribution is 0.0901. The summed E-state index contributed by atoms with van der Waals surface area (Å²) in [5.74, 6) is 0. The maximum Gasteiger partial charge on any atom is 0.409 e. The van der Waals surface area contributed by atoms with Gasteiger partial charge in [0.2, 0.25) is 0 Å². The smallest absolute Gasteiger partial charge is 0.409 e. The van der Waals surface area contributed by atoms with Crippen molar-refractivity contribution in [2.24, 2.45) is 0 Å². The van der Waals surface area contributed by atoms with E-state index in [1.807, 2.05) is 37.3 Å². The monoisotopic (exact) mass is 223 g/mol. The van der Waals surface area contributed by atoms with Gasteiger partial charge in [-0.15, -0.1) is 0 Å². The summed E-state index contributed by atoms with van der Waals surface area (Å²) in [6.45, 7) is 2.14. The minimum atomic E-state index is -0.826. The SMILES string of the molecule is CCCC(O)NC(=O)OCc1ccccc1. The number of carbonyl (C=O) groups excluding carboxylic acids is 1. The van der Waals surface area contributed by atoms with Crippen molar-refractivity contribution in [3.8, 4) is 0 Å². The minimum Gasteiger partial charge on any atom is -0.445 e. The molecule has 88 valence electrons. The molecule has 1 atom stereocenters. The van der Waals surface area contributed by atoms with Crippen LogP contribution in [-0.2, 0) is 11.3 Å². The van der Waals surface area contributed by atoms with Crippen LogP contribution in [0.5, 0.6) is 0 Å². The second-order valence-corrected chi connectivity index (χ2v) is 3.51. The summed E-state index contributed by atoms with van der Waals surface area (Å²) >= 11 is 0. The number of alkyl carbamates (subject to hydrolysis) is 1. The van der Waals surface area contributed by atoms with E-state index in [-0.39, 0.29) is 6.61 Å². The van der Waals surface area contributed by atoms with Crippen LogP contribution in [0.4, 0.5) is 4.79 Å². The number of amides is 1. The number of aliphatic hydroxyl groups excluding tert-OH is 1. The predicted molar refractivity (Wildman–Crippen MR) is 60.7 cm³/mol. The van der Waals surface area contributed by atoms with Crippen LogP contribution in [0.1, 0.15) is 25.3 Å². The minimum absolute atomic E-state index is 0.214. The number of aliphatic hydroxyl groups is 1. The van der Waals surface area contributed by atoms with E-state index in [1.165, 1.54) is 0 Å². The first-order chi connectivity index (χ1) is 7.72. The molecule has 16 heavy (non-hydrogen) atoms. The quantitative estimate of drug-likeness (QED) is 0.751. The maximum absolute atomic E-state index is 11.2. The van der Waals surface area contributed by atoms with Gasteiger partial charge in [-0.3, -0.25) is 5.32 Å². The van der Waals surface area contributed by atoms with Crippen molar-refractivity contribution < 1.29 is 14.6 Å². The highest BCUT2D eigenvalue weighted by molar-refractivity contribution is 5.67. The van der Waals surface area contributed by atoms with E-state index >= 15 is 0 Å². The van der Waals surface area contributed by atoms with Crippen LogP contribution in [0.2, 0.25) is 0 Å². The van der Waals surface area contributed by atoms with Gasteiger partial charge in [0.25, 0.3) is 0 Å². The summed E-state index contributed by atoms with van der Waals surface area (Å²) in [6.07, 6.45) is -0.0846. The van der Waals surface area contributed by atoms with Gasteiger partial charge in [-0.1, -0.05) is 43.7 Å². The lowest BCUT2D eigenvalue weighted by Gasteiger charge is -2.11. The third kappa shape index (κ3) is 4.79. The maximum atomic E-state index is 11.2. The van der Waals surface area contributed by atoms with E-state index < -0.39 is 12.3 Å². The molecule has 2 N–H and O–H groups in total. The number of hydrogen-bond acceptors (Lipinski definition) is 3. The molecular formula is C12H17NO3. The van der Waals surface area contributed by atoms with Crippen LogP contribution in [-0.4, -0.2) is 17.4 Å². The highest BCUT2D eigenvalue weighted by atomic mass is 16.6. The van der Waals surface area contributed by atoms with E-state index in [0.717, 1.165) is 12.0 Å². The third-order valence-corrected chi connectivity index (χ3v) is 2.06. The molecule has 0 bridgehead atoms. The molecule has 0 aliphatic carbocycles. The predicted octanol–water partition coefficient (Wildman–Crippen LogP) is 2.03. The fraction of sp³-hybridized carbons (Fsp3) is 0.417. The van der Waals surface area contributed by atoms with Crippen LogP contribution in [0.25, 0.3) is 0 Å². The lowest BCUT2D eigenvalue weighted by Crippen LogP contribution is -2.34. The molecule has 4 nitrogen and oxygen atoms in total. The van der Waals surface area contributed by atoms with E-state index in [2.05, 4.69) is 5.32 Å². The molecule has 0 saturated carbocycles. The number of carbonyl (C=O) groups is 1. The van der Waals surface area contributed by atoms with Crippen LogP contribution in [0.15, 0.2) is 30.3 Å². The summed E-state index contributed by atoms with van der Waals surface area (Å²) in [5.41, 5.74) is 0.919. The second kappa shape index (κ2) is 6.85.